The molecule has 0 atom stereocenters. The molecular formula is C13H10N4O2. The van der Waals surface area contributed by atoms with Crippen LogP contribution in [0.25, 0.3) is 10.4 Å². The summed E-state index contributed by atoms with van der Waals surface area (Å²) >= 11 is 0. The van der Waals surface area contributed by atoms with Crippen LogP contribution in [0, 0.1) is 0 Å². The number of phenols is 1. The number of azide groups is 1. The van der Waals surface area contributed by atoms with E-state index in [9.17, 15) is 9.90 Å². The molecule has 0 aromatic heterocycles. The van der Waals surface area contributed by atoms with Gasteiger partial charge in [0.05, 0.1) is 5.56 Å². The van der Waals surface area contributed by atoms with Crippen LogP contribution < -0.4 is 5.32 Å². The highest BCUT2D eigenvalue weighted by atomic mass is 16.3. The van der Waals surface area contributed by atoms with Crippen molar-refractivity contribution in [2.75, 3.05) is 5.32 Å². The maximum atomic E-state index is 12.0. The minimum absolute atomic E-state index is 0.0498. The van der Waals surface area contributed by atoms with Crippen molar-refractivity contribution in [3.05, 3.63) is 64.5 Å². The van der Waals surface area contributed by atoms with Gasteiger partial charge in [0.2, 0.25) is 0 Å². The Balaban J connectivity index is 2.28. The first-order valence-electron chi connectivity index (χ1n) is 5.45. The highest BCUT2D eigenvalue weighted by Crippen LogP contribution is 2.24. The lowest BCUT2D eigenvalue weighted by Crippen LogP contribution is -2.11. The Hall–Kier alpha value is -2.98. The van der Waals surface area contributed by atoms with Crippen molar-refractivity contribution in [1.29, 1.82) is 0 Å². The number of anilines is 1. The summed E-state index contributed by atoms with van der Waals surface area (Å²) < 4.78 is 0. The van der Waals surface area contributed by atoms with Crippen LogP contribution in [0.1, 0.15) is 10.4 Å². The lowest BCUT2D eigenvalue weighted by molar-refractivity contribution is 0.102. The van der Waals surface area contributed by atoms with Gasteiger partial charge in [-0.1, -0.05) is 23.3 Å². The molecule has 2 rings (SSSR count). The normalized spacial score (nSPS) is 9.47. The van der Waals surface area contributed by atoms with Crippen molar-refractivity contribution < 1.29 is 9.90 Å². The average Bonchev–Trinajstić information content (AvgIpc) is 2.42. The van der Waals surface area contributed by atoms with E-state index in [1.807, 2.05) is 6.07 Å². The van der Waals surface area contributed by atoms with Crippen molar-refractivity contribution in [2.45, 2.75) is 0 Å². The number of hydrogen-bond acceptors (Lipinski definition) is 3. The summed E-state index contributed by atoms with van der Waals surface area (Å²) in [4.78, 5) is 14.6. The molecule has 94 valence electrons. The van der Waals surface area contributed by atoms with Crippen LogP contribution in [-0.2, 0) is 0 Å². The number of benzene rings is 2. The smallest absolute Gasteiger partial charge is 0.259 e. The molecule has 0 aliphatic rings. The van der Waals surface area contributed by atoms with Crippen molar-refractivity contribution in [2.24, 2.45) is 5.11 Å². The van der Waals surface area contributed by atoms with Gasteiger partial charge in [-0.3, -0.25) is 4.79 Å². The third-order valence-corrected chi connectivity index (χ3v) is 2.42. The summed E-state index contributed by atoms with van der Waals surface area (Å²) in [5.41, 5.74) is 9.27. The maximum Gasteiger partial charge on any atom is 0.259 e. The third-order valence-electron chi connectivity index (χ3n) is 2.42. The topological polar surface area (TPSA) is 98.1 Å². The Morgan fingerprint density at radius 1 is 1.21 bits per heavy atom. The van der Waals surface area contributed by atoms with Crippen LogP contribution in [-0.4, -0.2) is 11.0 Å². The first kappa shape index (κ1) is 12.5. The summed E-state index contributed by atoms with van der Waals surface area (Å²) in [7, 11) is 0. The fraction of sp³-hybridized carbons (Fsp3) is 0. The van der Waals surface area contributed by atoms with Crippen LogP contribution in [0.15, 0.2) is 53.6 Å². The predicted molar refractivity (Wildman–Crippen MR) is 71.3 cm³/mol. The van der Waals surface area contributed by atoms with Gasteiger partial charge in [0.15, 0.2) is 0 Å². The van der Waals surface area contributed by atoms with Crippen LogP contribution in [0.3, 0.4) is 0 Å². The van der Waals surface area contributed by atoms with Crippen molar-refractivity contribution in [1.82, 2.24) is 0 Å². The zero-order valence-electron chi connectivity index (χ0n) is 9.82. The molecular weight excluding hydrogens is 244 g/mol. The number of carbonyl (C=O) groups is 1. The number of nitrogens with one attached hydrogen (secondary N) is 1. The number of rotatable bonds is 3. The minimum Gasteiger partial charge on any atom is -0.507 e. The second kappa shape index (κ2) is 5.57. The fourth-order valence-electron chi connectivity index (χ4n) is 1.54. The number of amides is 1. The molecule has 0 bridgehead atoms. The summed E-state index contributed by atoms with van der Waals surface area (Å²) in [6.45, 7) is 0. The minimum atomic E-state index is -0.473. The van der Waals surface area contributed by atoms with E-state index < -0.39 is 5.91 Å². The summed E-state index contributed by atoms with van der Waals surface area (Å²) in [6.07, 6.45) is 0. The molecule has 2 N–H and O–H groups in total. The summed E-state index contributed by atoms with van der Waals surface area (Å²) in [6, 6.07) is 12.9. The second-order valence-electron chi connectivity index (χ2n) is 3.71. The third kappa shape index (κ3) is 3.02. The standard InChI is InChI=1S/C13H10N4O2/c14-17-16-10-6-7-12(18)11(8-10)13(19)15-9-4-2-1-3-5-9/h1-8,18H,(H,15,19). The molecule has 0 aliphatic carbocycles. The molecule has 1 amide bonds. The molecule has 2 aromatic carbocycles. The Bertz CT molecular complexity index is 649. The van der Waals surface area contributed by atoms with Gasteiger partial charge >= 0.3 is 0 Å². The van der Waals surface area contributed by atoms with E-state index in [4.69, 9.17) is 5.53 Å². The van der Waals surface area contributed by atoms with Crippen LogP contribution in [0.4, 0.5) is 11.4 Å². The van der Waals surface area contributed by atoms with E-state index in [2.05, 4.69) is 15.3 Å². The van der Waals surface area contributed by atoms with Crippen LogP contribution in [0.2, 0.25) is 0 Å². The summed E-state index contributed by atoms with van der Waals surface area (Å²) in [5, 5.41) is 15.7. The quantitative estimate of drug-likeness (QED) is 0.497. The number of nitrogens with zero attached hydrogens (tertiary/aromatic N) is 3. The van der Waals surface area contributed by atoms with Gasteiger partial charge < -0.3 is 10.4 Å². The molecule has 0 spiro atoms. The SMILES string of the molecule is [N-]=[N+]=Nc1ccc(O)c(C(=O)Nc2ccccc2)c1. The van der Waals surface area contributed by atoms with E-state index in [1.165, 1.54) is 18.2 Å². The van der Waals surface area contributed by atoms with Crippen molar-refractivity contribution in [3.63, 3.8) is 0 Å². The Kier molecular flexibility index (Phi) is 3.66. The zero-order valence-corrected chi connectivity index (χ0v) is 9.82. The van der Waals surface area contributed by atoms with E-state index in [1.54, 1.807) is 24.3 Å². The highest BCUT2D eigenvalue weighted by Gasteiger charge is 2.11. The Morgan fingerprint density at radius 3 is 2.63 bits per heavy atom. The number of carbonyl (C=O) groups excluding carboxylic acids is 1. The number of phenolic OH excluding ortho intramolecular Hbond substituents is 1. The Morgan fingerprint density at radius 2 is 1.95 bits per heavy atom. The molecule has 0 unspecified atom stereocenters. The van der Waals surface area contributed by atoms with Crippen molar-refractivity contribution in [3.8, 4) is 5.75 Å². The number of para-hydroxylation sites is 1. The maximum absolute atomic E-state index is 12.0. The van der Waals surface area contributed by atoms with E-state index in [0.29, 0.717) is 5.69 Å². The van der Waals surface area contributed by atoms with Gasteiger partial charge in [0.25, 0.3) is 5.91 Å². The molecule has 0 aliphatic heterocycles. The predicted octanol–water partition coefficient (Wildman–Crippen LogP) is 3.59. The molecule has 0 saturated heterocycles. The fourth-order valence-corrected chi connectivity index (χ4v) is 1.54. The molecule has 0 radical (unpaired) electrons. The zero-order chi connectivity index (χ0) is 13.7. The van der Waals surface area contributed by atoms with Gasteiger partial charge in [-0.25, -0.2) is 0 Å². The van der Waals surface area contributed by atoms with Crippen molar-refractivity contribution >= 4 is 17.3 Å². The van der Waals surface area contributed by atoms with E-state index in [0.717, 1.165) is 0 Å². The molecule has 2 aromatic rings. The number of aromatic hydroxyl groups is 1. The molecule has 6 heteroatoms. The average molecular weight is 254 g/mol. The first-order chi connectivity index (χ1) is 9.20. The van der Waals surface area contributed by atoms with E-state index in [-0.39, 0.29) is 17.0 Å². The second-order valence-corrected chi connectivity index (χ2v) is 3.71. The van der Waals surface area contributed by atoms with Crippen LogP contribution >= 0.6 is 0 Å². The van der Waals surface area contributed by atoms with Gasteiger partial charge in [-0.05, 0) is 35.9 Å². The van der Waals surface area contributed by atoms with Gasteiger partial charge in [-0.15, -0.1) is 0 Å². The van der Waals surface area contributed by atoms with Gasteiger partial charge in [0.1, 0.15) is 5.75 Å². The molecule has 6 nitrogen and oxygen atoms in total. The number of hydrogen-bond donors (Lipinski definition) is 2. The summed E-state index contributed by atoms with van der Waals surface area (Å²) in [5.74, 6) is -0.649. The van der Waals surface area contributed by atoms with E-state index >= 15 is 0 Å². The van der Waals surface area contributed by atoms with Gasteiger partial charge in [-0.2, -0.15) is 0 Å². The Labute approximate surface area is 108 Å². The first-order valence-corrected chi connectivity index (χ1v) is 5.45. The monoisotopic (exact) mass is 254 g/mol. The molecule has 0 heterocycles. The largest absolute Gasteiger partial charge is 0.507 e. The van der Waals surface area contributed by atoms with Crippen LogP contribution in [0.5, 0.6) is 5.75 Å². The lowest BCUT2D eigenvalue weighted by atomic mass is 10.1. The molecule has 0 fully saturated rings. The molecule has 19 heavy (non-hydrogen) atoms. The lowest BCUT2D eigenvalue weighted by Gasteiger charge is -2.07. The highest BCUT2D eigenvalue weighted by molar-refractivity contribution is 6.06. The van der Waals surface area contributed by atoms with Gasteiger partial charge in [0, 0.05) is 16.3 Å². The molecule has 0 saturated carbocycles.